The fourth-order valence-corrected chi connectivity index (χ4v) is 3.09. The molecule has 0 spiro atoms. The van der Waals surface area contributed by atoms with E-state index in [1.807, 2.05) is 25.1 Å². The van der Waals surface area contributed by atoms with Crippen molar-refractivity contribution < 1.29 is 4.79 Å². The van der Waals surface area contributed by atoms with Gasteiger partial charge in [0.15, 0.2) is 0 Å². The number of nitrogens with one attached hydrogen (secondary N) is 1. The van der Waals surface area contributed by atoms with Gasteiger partial charge in [0.1, 0.15) is 0 Å². The molecule has 1 amide bonds. The Bertz CT molecular complexity index is 455. The molecule has 19 heavy (non-hydrogen) atoms. The molecule has 1 atom stereocenters. The van der Waals surface area contributed by atoms with Crippen LogP contribution < -0.4 is 5.32 Å². The normalized spacial score (nSPS) is 18.6. The molecule has 1 aliphatic rings. The molecule has 104 valence electrons. The van der Waals surface area contributed by atoms with Crippen LogP contribution in [0.5, 0.6) is 0 Å². The van der Waals surface area contributed by atoms with Gasteiger partial charge in [-0.05, 0) is 66.6 Å². The Hall–Kier alpha value is -0.620. The Morgan fingerprint density at radius 2 is 2.32 bits per heavy atom. The molecule has 0 radical (unpaired) electrons. The molecular weight excluding hydrogens is 351 g/mol. The second-order valence-corrected chi connectivity index (χ2v) is 6.22. The Morgan fingerprint density at radius 3 is 2.95 bits per heavy atom. The molecule has 1 fully saturated rings. The second kappa shape index (κ2) is 6.70. The average molecular weight is 372 g/mol. The summed E-state index contributed by atoms with van der Waals surface area (Å²) in [6.07, 6.45) is 2.07. The largest absolute Gasteiger partial charge is 0.334 e. The summed E-state index contributed by atoms with van der Waals surface area (Å²) in [4.78, 5) is 14.8. The molecule has 4 heteroatoms. The average Bonchev–Trinajstić information content (AvgIpc) is 2.92. The van der Waals surface area contributed by atoms with E-state index in [1.54, 1.807) is 0 Å². The van der Waals surface area contributed by atoms with Crippen molar-refractivity contribution in [1.82, 2.24) is 10.2 Å². The van der Waals surface area contributed by atoms with Gasteiger partial charge < -0.3 is 10.2 Å². The number of carbonyl (C=O) groups is 1. The fourth-order valence-electron chi connectivity index (χ4n) is 2.59. The lowest BCUT2D eigenvalue weighted by molar-refractivity contribution is 0.0691. The van der Waals surface area contributed by atoms with Crippen molar-refractivity contribution in [3.63, 3.8) is 0 Å². The fraction of sp³-hybridized carbons (Fsp3) is 0.533. The molecule has 1 N–H and O–H groups in total. The summed E-state index contributed by atoms with van der Waals surface area (Å²) in [5.41, 5.74) is 1.95. The van der Waals surface area contributed by atoms with Gasteiger partial charge >= 0.3 is 0 Å². The monoisotopic (exact) mass is 372 g/mol. The number of rotatable bonds is 4. The minimum absolute atomic E-state index is 0.187. The highest BCUT2D eigenvalue weighted by atomic mass is 127. The minimum Gasteiger partial charge on any atom is -0.334 e. The summed E-state index contributed by atoms with van der Waals surface area (Å²) < 4.78 is 1.16. The van der Waals surface area contributed by atoms with E-state index in [0.717, 1.165) is 47.2 Å². The summed E-state index contributed by atoms with van der Waals surface area (Å²) in [7, 11) is 0. The quantitative estimate of drug-likeness (QED) is 0.825. The molecule has 1 aliphatic heterocycles. The maximum Gasteiger partial charge on any atom is 0.254 e. The number of nitrogens with zero attached hydrogens (tertiary/aromatic N) is 1. The predicted molar refractivity (Wildman–Crippen MR) is 86.5 cm³/mol. The van der Waals surface area contributed by atoms with Crippen molar-refractivity contribution in [2.75, 3.05) is 19.6 Å². The molecule has 2 rings (SSSR count). The molecule has 1 unspecified atom stereocenters. The molecule has 0 aromatic heterocycles. The molecule has 1 saturated heterocycles. The molecule has 1 aromatic carbocycles. The van der Waals surface area contributed by atoms with Gasteiger partial charge in [-0.1, -0.05) is 13.0 Å². The van der Waals surface area contributed by atoms with Crippen molar-refractivity contribution in [3.8, 4) is 0 Å². The maximum atomic E-state index is 12.8. The lowest BCUT2D eigenvalue weighted by atomic mass is 10.1. The van der Waals surface area contributed by atoms with Gasteiger partial charge in [0.2, 0.25) is 0 Å². The van der Waals surface area contributed by atoms with E-state index in [9.17, 15) is 4.79 Å². The van der Waals surface area contributed by atoms with Gasteiger partial charge in [0, 0.05) is 28.3 Å². The van der Waals surface area contributed by atoms with Crippen LogP contribution in [0.1, 0.15) is 35.7 Å². The van der Waals surface area contributed by atoms with Crippen LogP contribution in [0, 0.1) is 10.5 Å². The topological polar surface area (TPSA) is 32.3 Å². The zero-order chi connectivity index (χ0) is 13.8. The van der Waals surface area contributed by atoms with Crippen LogP contribution in [0.3, 0.4) is 0 Å². The van der Waals surface area contributed by atoms with Crippen LogP contribution in [0.25, 0.3) is 0 Å². The van der Waals surface area contributed by atoms with Crippen LogP contribution in [0.2, 0.25) is 0 Å². The minimum atomic E-state index is 0.187. The van der Waals surface area contributed by atoms with E-state index in [1.165, 1.54) is 0 Å². The van der Waals surface area contributed by atoms with Crippen molar-refractivity contribution >= 4 is 28.5 Å². The molecular formula is C15H21IN2O. The molecule has 0 saturated carbocycles. The SMILES string of the molecule is CCCN(C(=O)c1cccc(I)c1C)C1CCNC1. The zero-order valence-corrected chi connectivity index (χ0v) is 13.7. The van der Waals surface area contributed by atoms with Crippen LogP contribution in [-0.4, -0.2) is 36.5 Å². The number of hydrogen-bond acceptors (Lipinski definition) is 2. The van der Waals surface area contributed by atoms with Gasteiger partial charge in [-0.15, -0.1) is 0 Å². The van der Waals surface area contributed by atoms with Gasteiger partial charge in [0.05, 0.1) is 0 Å². The lowest BCUT2D eigenvalue weighted by Gasteiger charge is -2.29. The summed E-state index contributed by atoms with van der Waals surface area (Å²) in [5.74, 6) is 0.187. The first-order valence-corrected chi connectivity index (χ1v) is 7.99. The highest BCUT2D eigenvalue weighted by Gasteiger charge is 2.27. The molecule has 1 heterocycles. The third kappa shape index (κ3) is 3.28. The molecule has 1 aromatic rings. The highest BCUT2D eigenvalue weighted by molar-refractivity contribution is 14.1. The van der Waals surface area contributed by atoms with E-state index in [-0.39, 0.29) is 5.91 Å². The lowest BCUT2D eigenvalue weighted by Crippen LogP contribution is -2.42. The Kier molecular flexibility index (Phi) is 5.21. The van der Waals surface area contributed by atoms with Crippen molar-refractivity contribution in [3.05, 3.63) is 32.9 Å². The summed E-state index contributed by atoms with van der Waals surface area (Å²) >= 11 is 2.29. The Morgan fingerprint density at radius 1 is 1.53 bits per heavy atom. The number of amides is 1. The van der Waals surface area contributed by atoms with E-state index >= 15 is 0 Å². The van der Waals surface area contributed by atoms with Gasteiger partial charge in [-0.25, -0.2) is 0 Å². The number of hydrogen-bond donors (Lipinski definition) is 1. The number of halogens is 1. The second-order valence-electron chi connectivity index (χ2n) is 5.06. The van der Waals surface area contributed by atoms with Gasteiger partial charge in [-0.3, -0.25) is 4.79 Å². The first-order chi connectivity index (χ1) is 9.15. The van der Waals surface area contributed by atoms with Crippen LogP contribution >= 0.6 is 22.6 Å². The van der Waals surface area contributed by atoms with Crippen molar-refractivity contribution in [2.45, 2.75) is 32.7 Å². The van der Waals surface area contributed by atoms with E-state index in [4.69, 9.17) is 0 Å². The van der Waals surface area contributed by atoms with Crippen LogP contribution in [0.4, 0.5) is 0 Å². The predicted octanol–water partition coefficient (Wildman–Crippen LogP) is 2.81. The number of benzene rings is 1. The molecule has 0 bridgehead atoms. The Labute approximate surface area is 128 Å². The number of carbonyl (C=O) groups excluding carboxylic acids is 1. The van der Waals surface area contributed by atoms with Gasteiger partial charge in [0.25, 0.3) is 5.91 Å². The van der Waals surface area contributed by atoms with Crippen molar-refractivity contribution in [2.24, 2.45) is 0 Å². The highest BCUT2D eigenvalue weighted by Crippen LogP contribution is 2.20. The smallest absolute Gasteiger partial charge is 0.254 e. The van der Waals surface area contributed by atoms with E-state index in [2.05, 4.69) is 39.7 Å². The summed E-state index contributed by atoms with van der Waals surface area (Å²) in [6.45, 7) is 6.95. The summed E-state index contributed by atoms with van der Waals surface area (Å²) in [5, 5.41) is 3.35. The third-order valence-corrected chi connectivity index (χ3v) is 4.87. The molecule has 0 aliphatic carbocycles. The van der Waals surface area contributed by atoms with E-state index < -0.39 is 0 Å². The van der Waals surface area contributed by atoms with Gasteiger partial charge in [-0.2, -0.15) is 0 Å². The first kappa shape index (κ1) is 14.8. The molecule has 3 nitrogen and oxygen atoms in total. The Balaban J connectivity index is 2.25. The maximum absolute atomic E-state index is 12.8. The van der Waals surface area contributed by atoms with E-state index in [0.29, 0.717) is 6.04 Å². The summed E-state index contributed by atoms with van der Waals surface area (Å²) in [6, 6.07) is 6.32. The third-order valence-electron chi connectivity index (χ3n) is 3.70. The standard InChI is InChI=1S/C15H21IN2O/c1-3-9-18(12-7-8-17-10-12)15(19)13-5-4-6-14(16)11(13)2/h4-6,12,17H,3,7-10H2,1-2H3. The first-order valence-electron chi connectivity index (χ1n) is 6.92. The zero-order valence-electron chi connectivity index (χ0n) is 11.6. The van der Waals surface area contributed by atoms with Crippen LogP contribution in [0.15, 0.2) is 18.2 Å². The van der Waals surface area contributed by atoms with Crippen LogP contribution in [-0.2, 0) is 0 Å². The van der Waals surface area contributed by atoms with Crippen molar-refractivity contribution in [1.29, 1.82) is 0 Å².